The van der Waals surface area contributed by atoms with Crippen LogP contribution in [0.25, 0.3) is 0 Å². The van der Waals surface area contributed by atoms with Gasteiger partial charge in [-0.15, -0.1) is 0 Å². The smallest absolute Gasteiger partial charge is 0.323 e. The third-order valence-corrected chi connectivity index (χ3v) is 5.05. The van der Waals surface area contributed by atoms with E-state index in [0.29, 0.717) is 12.5 Å². The van der Waals surface area contributed by atoms with Gasteiger partial charge in [0.25, 0.3) is 0 Å². The maximum Gasteiger partial charge on any atom is 0.323 e. The molecule has 2 N–H and O–H groups in total. The predicted molar refractivity (Wildman–Crippen MR) is 86.7 cm³/mol. The van der Waals surface area contributed by atoms with Crippen molar-refractivity contribution in [3.8, 4) is 0 Å². The third kappa shape index (κ3) is 5.57. The average molecular weight is 299 g/mol. The number of piperazine rings is 1. The Morgan fingerprint density at radius 2 is 1.90 bits per heavy atom. The Labute approximate surface area is 129 Å². The van der Waals surface area contributed by atoms with Crippen LogP contribution in [-0.2, 0) is 4.79 Å². The molecule has 5 nitrogen and oxygen atoms in total. The van der Waals surface area contributed by atoms with Crippen LogP contribution in [0.15, 0.2) is 0 Å². The van der Waals surface area contributed by atoms with E-state index in [1.807, 2.05) is 0 Å². The Balaban J connectivity index is 2.19. The highest BCUT2D eigenvalue weighted by Crippen LogP contribution is 2.15. The molecule has 1 rings (SSSR count). The predicted octanol–water partition coefficient (Wildman–Crippen LogP) is 1.64. The zero-order valence-corrected chi connectivity index (χ0v) is 14.2. The fraction of sp³-hybridized carbons (Fsp3) is 0.938. The third-order valence-electron chi connectivity index (χ3n) is 5.05. The number of carbonyl (C=O) groups is 1. The SMILES string of the molecule is CCC(C)N1CCN(CCCCC(C)(NC)C(=O)O)CC1. The molecule has 1 fully saturated rings. The van der Waals surface area contributed by atoms with E-state index in [0.717, 1.165) is 32.5 Å². The van der Waals surface area contributed by atoms with E-state index in [4.69, 9.17) is 0 Å². The van der Waals surface area contributed by atoms with Crippen LogP contribution in [-0.4, -0.2) is 72.2 Å². The molecule has 0 bridgehead atoms. The van der Waals surface area contributed by atoms with E-state index < -0.39 is 11.5 Å². The molecule has 0 aromatic rings. The van der Waals surface area contributed by atoms with Gasteiger partial charge in [0.15, 0.2) is 0 Å². The maximum atomic E-state index is 11.2. The Morgan fingerprint density at radius 1 is 1.29 bits per heavy atom. The molecule has 1 heterocycles. The summed E-state index contributed by atoms with van der Waals surface area (Å²) in [6.07, 6.45) is 3.94. The molecular formula is C16H33N3O2. The zero-order chi connectivity index (χ0) is 15.9. The number of hydrogen-bond acceptors (Lipinski definition) is 4. The minimum atomic E-state index is -0.782. The zero-order valence-electron chi connectivity index (χ0n) is 14.2. The van der Waals surface area contributed by atoms with Crippen LogP contribution in [0, 0.1) is 0 Å². The van der Waals surface area contributed by atoms with Crippen LogP contribution in [0.3, 0.4) is 0 Å². The van der Waals surface area contributed by atoms with Gasteiger partial charge in [0, 0.05) is 32.2 Å². The Bertz CT molecular complexity index is 317. The molecule has 0 amide bonds. The minimum absolute atomic E-state index is 0.686. The number of nitrogens with one attached hydrogen (secondary N) is 1. The van der Waals surface area contributed by atoms with Gasteiger partial charge in [-0.1, -0.05) is 6.92 Å². The van der Waals surface area contributed by atoms with Gasteiger partial charge in [0.2, 0.25) is 0 Å². The van der Waals surface area contributed by atoms with E-state index in [-0.39, 0.29) is 0 Å². The van der Waals surface area contributed by atoms with Crippen molar-refractivity contribution in [3.05, 3.63) is 0 Å². The van der Waals surface area contributed by atoms with Crippen molar-refractivity contribution in [3.63, 3.8) is 0 Å². The van der Waals surface area contributed by atoms with Gasteiger partial charge in [-0.05, 0) is 53.1 Å². The molecule has 124 valence electrons. The summed E-state index contributed by atoms with van der Waals surface area (Å²) in [5.41, 5.74) is -0.782. The number of hydrogen-bond donors (Lipinski definition) is 2. The van der Waals surface area contributed by atoms with Crippen LogP contribution in [0.4, 0.5) is 0 Å². The van der Waals surface area contributed by atoms with Gasteiger partial charge in [-0.3, -0.25) is 9.69 Å². The maximum absolute atomic E-state index is 11.2. The summed E-state index contributed by atoms with van der Waals surface area (Å²) < 4.78 is 0. The van der Waals surface area contributed by atoms with Gasteiger partial charge in [-0.2, -0.15) is 0 Å². The molecule has 0 spiro atoms. The first-order valence-electron chi connectivity index (χ1n) is 8.31. The van der Waals surface area contributed by atoms with Crippen molar-refractivity contribution in [1.82, 2.24) is 15.1 Å². The summed E-state index contributed by atoms with van der Waals surface area (Å²) in [6, 6.07) is 0.694. The molecule has 0 aromatic heterocycles. The van der Waals surface area contributed by atoms with E-state index in [1.54, 1.807) is 14.0 Å². The minimum Gasteiger partial charge on any atom is -0.480 e. The van der Waals surface area contributed by atoms with Crippen molar-refractivity contribution >= 4 is 5.97 Å². The molecule has 1 aliphatic rings. The number of rotatable bonds is 9. The van der Waals surface area contributed by atoms with Crippen LogP contribution in [0.1, 0.15) is 46.5 Å². The van der Waals surface area contributed by atoms with Crippen LogP contribution >= 0.6 is 0 Å². The highest BCUT2D eigenvalue weighted by atomic mass is 16.4. The Morgan fingerprint density at radius 3 is 2.38 bits per heavy atom. The lowest BCUT2D eigenvalue weighted by Gasteiger charge is -2.38. The normalized spacial score (nSPS) is 21.9. The van der Waals surface area contributed by atoms with Crippen LogP contribution in [0.2, 0.25) is 0 Å². The monoisotopic (exact) mass is 299 g/mol. The fourth-order valence-electron chi connectivity index (χ4n) is 2.84. The molecule has 2 unspecified atom stereocenters. The summed E-state index contributed by atoms with van der Waals surface area (Å²) in [6.45, 7) is 12.0. The first-order chi connectivity index (χ1) is 9.92. The van der Waals surface area contributed by atoms with Crippen molar-refractivity contribution < 1.29 is 9.90 Å². The lowest BCUT2D eigenvalue weighted by molar-refractivity contribution is -0.144. The highest BCUT2D eigenvalue weighted by molar-refractivity contribution is 5.78. The summed E-state index contributed by atoms with van der Waals surface area (Å²) in [5.74, 6) is -0.757. The average Bonchev–Trinajstić information content (AvgIpc) is 2.50. The Hall–Kier alpha value is -0.650. The van der Waals surface area contributed by atoms with Gasteiger partial charge < -0.3 is 15.3 Å². The molecule has 21 heavy (non-hydrogen) atoms. The molecule has 0 radical (unpaired) electrons. The van der Waals surface area contributed by atoms with Crippen LogP contribution in [0.5, 0.6) is 0 Å². The quantitative estimate of drug-likeness (QED) is 0.634. The second kappa shape index (κ2) is 8.71. The summed E-state index contributed by atoms with van der Waals surface area (Å²) in [4.78, 5) is 16.3. The number of carboxylic acid groups (broad SMARTS) is 1. The second-order valence-corrected chi connectivity index (χ2v) is 6.48. The van der Waals surface area contributed by atoms with Crippen molar-refractivity contribution in [2.24, 2.45) is 0 Å². The van der Waals surface area contributed by atoms with Gasteiger partial charge in [0.05, 0.1) is 0 Å². The standard InChI is InChI=1S/C16H33N3O2/c1-5-14(2)19-12-10-18(11-13-19)9-7-6-8-16(3,17-4)15(20)21/h14,17H,5-13H2,1-4H3,(H,20,21). The molecular weight excluding hydrogens is 266 g/mol. The molecule has 2 atom stereocenters. The molecule has 0 aromatic carbocycles. The lowest BCUT2D eigenvalue weighted by atomic mass is 9.95. The molecule has 0 aliphatic carbocycles. The van der Waals surface area contributed by atoms with E-state index in [2.05, 4.69) is 29.0 Å². The van der Waals surface area contributed by atoms with Gasteiger partial charge >= 0.3 is 5.97 Å². The van der Waals surface area contributed by atoms with Crippen molar-refractivity contribution in [2.75, 3.05) is 39.8 Å². The second-order valence-electron chi connectivity index (χ2n) is 6.48. The molecule has 1 saturated heterocycles. The summed E-state index contributed by atoms with van der Waals surface area (Å²) in [7, 11) is 1.72. The van der Waals surface area contributed by atoms with E-state index in [1.165, 1.54) is 19.5 Å². The lowest BCUT2D eigenvalue weighted by Crippen LogP contribution is -2.49. The largest absolute Gasteiger partial charge is 0.480 e. The summed E-state index contributed by atoms with van der Waals surface area (Å²) >= 11 is 0. The molecule has 0 saturated carbocycles. The topological polar surface area (TPSA) is 55.8 Å². The number of aliphatic carboxylic acids is 1. The van der Waals surface area contributed by atoms with E-state index >= 15 is 0 Å². The van der Waals surface area contributed by atoms with Gasteiger partial charge in [0.1, 0.15) is 5.54 Å². The summed E-state index contributed by atoms with van der Waals surface area (Å²) in [5, 5.41) is 12.1. The highest BCUT2D eigenvalue weighted by Gasteiger charge is 2.30. The van der Waals surface area contributed by atoms with Crippen LogP contribution < -0.4 is 5.32 Å². The number of carboxylic acids is 1. The Kier molecular flexibility index (Phi) is 7.63. The van der Waals surface area contributed by atoms with Crippen molar-refractivity contribution in [1.29, 1.82) is 0 Å². The fourth-order valence-corrected chi connectivity index (χ4v) is 2.84. The molecule has 5 heteroatoms. The molecule has 1 aliphatic heterocycles. The first-order valence-corrected chi connectivity index (χ1v) is 8.31. The van der Waals surface area contributed by atoms with Crippen molar-refractivity contribution in [2.45, 2.75) is 58.0 Å². The number of nitrogens with zero attached hydrogens (tertiary/aromatic N) is 2. The number of likely N-dealkylation sites (N-methyl/N-ethyl adjacent to an activating group) is 1. The van der Waals surface area contributed by atoms with Gasteiger partial charge in [-0.25, -0.2) is 0 Å². The first kappa shape index (κ1) is 18.4. The van der Waals surface area contributed by atoms with E-state index in [9.17, 15) is 9.90 Å². The number of unbranched alkanes of at least 4 members (excludes halogenated alkanes) is 1.